The van der Waals surface area contributed by atoms with Crippen LogP contribution in [-0.2, 0) is 14.4 Å². The van der Waals surface area contributed by atoms with Crippen LogP contribution in [0.1, 0.15) is 60.8 Å². The average molecular weight is 332 g/mol. The van der Waals surface area contributed by atoms with E-state index in [1.807, 2.05) is 34.6 Å². The normalized spacial score (nSPS) is 10.3. The maximum absolute atomic E-state index is 12.0. The molecule has 138 valence electrons. The van der Waals surface area contributed by atoms with E-state index in [4.69, 9.17) is 0 Å². The third-order valence-corrected chi connectivity index (χ3v) is 2.78. The molecule has 6 heteroatoms. The van der Waals surface area contributed by atoms with Crippen LogP contribution in [-0.4, -0.2) is 55.7 Å². The number of amides is 2. The van der Waals surface area contributed by atoms with E-state index in [-0.39, 0.29) is 24.0 Å². The van der Waals surface area contributed by atoms with Gasteiger partial charge in [0.15, 0.2) is 0 Å². The van der Waals surface area contributed by atoms with Crippen LogP contribution in [0.5, 0.6) is 0 Å². The van der Waals surface area contributed by atoms with E-state index >= 15 is 0 Å². The number of nitrogens with one attached hydrogen (secondary N) is 2. The van der Waals surface area contributed by atoms with E-state index in [0.717, 1.165) is 6.42 Å². The molecule has 0 aliphatic carbocycles. The molecule has 1 atom stereocenters. The molecule has 0 aromatic heterocycles. The first kappa shape index (κ1) is 26.5. The molecule has 0 radical (unpaired) electrons. The van der Waals surface area contributed by atoms with Gasteiger partial charge in [0.25, 0.3) is 0 Å². The van der Waals surface area contributed by atoms with E-state index in [9.17, 15) is 14.4 Å². The fourth-order valence-electron chi connectivity index (χ4n) is 1.67. The standard InChI is InChI=1S/C13H25N3O3.2C2H6/c1-5-6-12(18)16(4)11(9-10(2)17)13(19)15-8-7-14-3;2*1-2/h11,14H,5-9H2,1-4H3,(H,15,19);2*1-2H3. The summed E-state index contributed by atoms with van der Waals surface area (Å²) in [6.07, 6.45) is 1.16. The molecule has 0 rings (SSSR count). The Morgan fingerprint density at radius 3 is 1.96 bits per heavy atom. The molecule has 2 amide bonds. The smallest absolute Gasteiger partial charge is 0.243 e. The second kappa shape index (κ2) is 18.6. The second-order valence-electron chi connectivity index (χ2n) is 4.57. The third-order valence-electron chi connectivity index (χ3n) is 2.78. The summed E-state index contributed by atoms with van der Waals surface area (Å²) in [6, 6.07) is -0.714. The Hall–Kier alpha value is -1.43. The summed E-state index contributed by atoms with van der Waals surface area (Å²) in [4.78, 5) is 36.5. The van der Waals surface area contributed by atoms with Crippen molar-refractivity contribution in [3.05, 3.63) is 0 Å². The SMILES string of the molecule is CC.CC.CCCC(=O)N(C)C(CC(C)=O)C(=O)NCCNC. The molecule has 0 saturated heterocycles. The van der Waals surface area contributed by atoms with Gasteiger partial charge in [-0.25, -0.2) is 0 Å². The lowest BCUT2D eigenvalue weighted by Gasteiger charge is -2.26. The van der Waals surface area contributed by atoms with Gasteiger partial charge >= 0.3 is 0 Å². The Bertz CT molecular complexity index is 320. The van der Waals surface area contributed by atoms with Crippen molar-refractivity contribution in [1.82, 2.24) is 15.5 Å². The van der Waals surface area contributed by atoms with Gasteiger partial charge in [-0.15, -0.1) is 0 Å². The molecule has 0 aliphatic heterocycles. The molecule has 6 nitrogen and oxygen atoms in total. The van der Waals surface area contributed by atoms with Crippen molar-refractivity contribution in [2.45, 2.75) is 66.8 Å². The maximum Gasteiger partial charge on any atom is 0.243 e. The first-order valence-corrected chi connectivity index (χ1v) is 8.61. The molecule has 0 saturated carbocycles. The number of rotatable bonds is 9. The van der Waals surface area contributed by atoms with E-state index in [2.05, 4.69) is 10.6 Å². The summed E-state index contributed by atoms with van der Waals surface area (Å²) in [5, 5.41) is 5.63. The lowest BCUT2D eigenvalue weighted by atomic mass is 10.1. The molecule has 0 heterocycles. The van der Waals surface area contributed by atoms with Crippen LogP contribution < -0.4 is 10.6 Å². The molecule has 0 aromatic carbocycles. The van der Waals surface area contributed by atoms with Gasteiger partial charge in [0.1, 0.15) is 11.8 Å². The van der Waals surface area contributed by atoms with Crippen molar-refractivity contribution < 1.29 is 14.4 Å². The van der Waals surface area contributed by atoms with Crippen molar-refractivity contribution >= 4 is 17.6 Å². The Kier molecular flexibility index (Phi) is 21.4. The number of carbonyl (C=O) groups excluding carboxylic acids is 3. The highest BCUT2D eigenvalue weighted by atomic mass is 16.2. The molecule has 0 spiro atoms. The van der Waals surface area contributed by atoms with Crippen LogP contribution in [0.4, 0.5) is 0 Å². The Balaban J connectivity index is -0.000000919. The van der Waals surface area contributed by atoms with E-state index in [0.29, 0.717) is 19.5 Å². The van der Waals surface area contributed by atoms with E-state index < -0.39 is 6.04 Å². The maximum atomic E-state index is 12.0. The highest BCUT2D eigenvalue weighted by Crippen LogP contribution is 2.07. The molecule has 2 N–H and O–H groups in total. The number of carbonyl (C=O) groups is 3. The van der Waals surface area contributed by atoms with Gasteiger partial charge in [-0.1, -0.05) is 34.6 Å². The fourth-order valence-corrected chi connectivity index (χ4v) is 1.67. The minimum atomic E-state index is -0.714. The zero-order chi connectivity index (χ0) is 18.8. The van der Waals surface area contributed by atoms with Gasteiger partial charge in [-0.3, -0.25) is 14.4 Å². The summed E-state index contributed by atoms with van der Waals surface area (Å²) in [5.41, 5.74) is 0. The molecule has 0 aliphatic rings. The van der Waals surface area contributed by atoms with E-state index in [1.54, 1.807) is 14.1 Å². The van der Waals surface area contributed by atoms with Crippen molar-refractivity contribution in [2.24, 2.45) is 0 Å². The molecular formula is C17H37N3O3. The quantitative estimate of drug-likeness (QED) is 0.633. The number of nitrogens with zero attached hydrogens (tertiary/aromatic N) is 1. The topological polar surface area (TPSA) is 78.5 Å². The van der Waals surface area contributed by atoms with Crippen molar-refractivity contribution in [3.63, 3.8) is 0 Å². The van der Waals surface area contributed by atoms with Crippen LogP contribution in [0, 0.1) is 0 Å². The van der Waals surface area contributed by atoms with Crippen LogP contribution in [0.2, 0.25) is 0 Å². The van der Waals surface area contributed by atoms with Crippen LogP contribution in [0.3, 0.4) is 0 Å². The molecule has 0 bridgehead atoms. The Morgan fingerprint density at radius 2 is 1.57 bits per heavy atom. The zero-order valence-electron chi connectivity index (χ0n) is 16.3. The fraction of sp³-hybridized carbons (Fsp3) is 0.824. The molecule has 0 aromatic rings. The number of hydrogen-bond acceptors (Lipinski definition) is 4. The lowest BCUT2D eigenvalue weighted by Crippen LogP contribution is -2.49. The Morgan fingerprint density at radius 1 is 1.04 bits per heavy atom. The van der Waals surface area contributed by atoms with Gasteiger partial charge in [0.05, 0.1) is 0 Å². The number of likely N-dealkylation sites (N-methyl/N-ethyl adjacent to an activating group) is 2. The predicted octanol–water partition coefficient (Wildman–Crippen LogP) is 1.98. The van der Waals surface area contributed by atoms with Crippen molar-refractivity contribution in [1.29, 1.82) is 0 Å². The number of hydrogen-bond donors (Lipinski definition) is 2. The van der Waals surface area contributed by atoms with Crippen LogP contribution in [0.25, 0.3) is 0 Å². The monoisotopic (exact) mass is 331 g/mol. The van der Waals surface area contributed by atoms with Crippen LogP contribution >= 0.6 is 0 Å². The minimum absolute atomic E-state index is 0.0529. The second-order valence-corrected chi connectivity index (χ2v) is 4.57. The van der Waals surface area contributed by atoms with E-state index in [1.165, 1.54) is 11.8 Å². The first-order chi connectivity index (χ1) is 10.9. The summed E-state index contributed by atoms with van der Waals surface area (Å²) in [5.74, 6) is -0.500. The number of Topliss-reactive ketones (excluding diaryl/α,β-unsaturated/α-hetero) is 1. The van der Waals surface area contributed by atoms with Gasteiger partial charge in [0, 0.05) is 33.0 Å². The molecule has 1 unspecified atom stereocenters. The van der Waals surface area contributed by atoms with Gasteiger partial charge in [-0.05, 0) is 20.4 Å². The third kappa shape index (κ3) is 13.9. The minimum Gasteiger partial charge on any atom is -0.353 e. The average Bonchev–Trinajstić information content (AvgIpc) is 2.56. The zero-order valence-corrected chi connectivity index (χ0v) is 16.3. The largest absolute Gasteiger partial charge is 0.353 e. The predicted molar refractivity (Wildman–Crippen MR) is 96.4 cm³/mol. The summed E-state index contributed by atoms with van der Waals surface area (Å²) >= 11 is 0. The van der Waals surface area contributed by atoms with Crippen molar-refractivity contribution in [2.75, 3.05) is 27.2 Å². The molecule has 0 fully saturated rings. The van der Waals surface area contributed by atoms with Gasteiger partial charge < -0.3 is 15.5 Å². The summed E-state index contributed by atoms with van der Waals surface area (Å²) in [6.45, 7) is 12.4. The summed E-state index contributed by atoms with van der Waals surface area (Å²) < 4.78 is 0. The van der Waals surface area contributed by atoms with Gasteiger partial charge in [-0.2, -0.15) is 0 Å². The Labute approximate surface area is 142 Å². The highest BCUT2D eigenvalue weighted by Gasteiger charge is 2.27. The summed E-state index contributed by atoms with van der Waals surface area (Å²) in [7, 11) is 3.36. The van der Waals surface area contributed by atoms with Crippen LogP contribution in [0.15, 0.2) is 0 Å². The molecule has 23 heavy (non-hydrogen) atoms. The number of ketones is 1. The first-order valence-electron chi connectivity index (χ1n) is 8.61. The highest BCUT2D eigenvalue weighted by molar-refractivity contribution is 5.91. The molecular weight excluding hydrogens is 294 g/mol. The van der Waals surface area contributed by atoms with Gasteiger partial charge in [0.2, 0.25) is 11.8 Å². The van der Waals surface area contributed by atoms with Crippen molar-refractivity contribution in [3.8, 4) is 0 Å². The lowest BCUT2D eigenvalue weighted by molar-refractivity contribution is -0.140.